The van der Waals surface area contributed by atoms with E-state index in [4.69, 9.17) is 9.29 Å². The number of carbonyl (C=O) groups is 2. The van der Waals surface area contributed by atoms with Crippen LogP contribution in [0.4, 0.5) is 4.79 Å². The molecule has 0 spiro atoms. The Kier molecular flexibility index (Phi) is 4.05. The molecule has 1 saturated heterocycles. The van der Waals surface area contributed by atoms with Gasteiger partial charge in [0.2, 0.25) is 0 Å². The number of hydrogen-bond donors (Lipinski definition) is 2. The third kappa shape index (κ3) is 3.81. The van der Waals surface area contributed by atoms with Gasteiger partial charge in [0.15, 0.2) is 0 Å². The van der Waals surface area contributed by atoms with E-state index in [0.717, 1.165) is 0 Å². The van der Waals surface area contributed by atoms with Crippen LogP contribution in [0.2, 0.25) is 0 Å². The molecule has 1 rings (SSSR count). The first-order valence-corrected chi connectivity index (χ1v) is 7.11. The number of rotatable bonds is 3. The van der Waals surface area contributed by atoms with Crippen molar-refractivity contribution in [2.24, 2.45) is 0 Å². The molecule has 0 aliphatic carbocycles. The fourth-order valence-corrected chi connectivity index (χ4v) is 2.10. The average Bonchev–Trinajstić information content (AvgIpc) is 2.18. The van der Waals surface area contributed by atoms with Crippen molar-refractivity contribution in [1.82, 2.24) is 10.4 Å². The molecular weight excluding hydrogens is 292 g/mol. The quantitative estimate of drug-likeness (QED) is 0.565. The van der Waals surface area contributed by atoms with Crippen molar-refractivity contribution >= 4 is 22.4 Å². The molecule has 116 valence electrons. The van der Waals surface area contributed by atoms with Crippen molar-refractivity contribution in [3.8, 4) is 0 Å². The Balaban J connectivity index is 2.72. The van der Waals surface area contributed by atoms with Gasteiger partial charge in [-0.3, -0.25) is 9.35 Å². The van der Waals surface area contributed by atoms with Crippen LogP contribution in [0.1, 0.15) is 34.6 Å². The number of carbonyl (C=O) groups excluding carboxylic acids is 2. The highest BCUT2D eigenvalue weighted by molar-refractivity contribution is 7.80. The van der Waals surface area contributed by atoms with Crippen LogP contribution in [0.15, 0.2) is 0 Å². The first-order valence-electron chi connectivity index (χ1n) is 5.74. The Morgan fingerprint density at radius 2 is 1.90 bits per heavy atom. The molecule has 0 radical (unpaired) electrons. The number of amides is 2. The van der Waals surface area contributed by atoms with E-state index in [0.29, 0.717) is 5.06 Å². The highest BCUT2D eigenvalue weighted by Crippen LogP contribution is 2.32. The molecule has 0 unspecified atom stereocenters. The van der Waals surface area contributed by atoms with Crippen LogP contribution < -0.4 is 5.32 Å². The number of alkyl carbamates (subject to hydrolysis) is 1. The molecule has 20 heavy (non-hydrogen) atoms. The molecule has 1 heterocycles. The normalized spacial score (nSPS) is 22.2. The van der Waals surface area contributed by atoms with Gasteiger partial charge in [-0.25, -0.2) is 4.79 Å². The Morgan fingerprint density at radius 1 is 1.40 bits per heavy atom. The van der Waals surface area contributed by atoms with E-state index in [1.165, 1.54) is 13.8 Å². The Hall–Kier alpha value is -1.39. The monoisotopic (exact) mass is 310 g/mol. The minimum absolute atomic E-state index is 0.477. The fraction of sp³-hybridized carbons (Fsp3) is 0.800. The lowest BCUT2D eigenvalue weighted by atomic mass is 9.85. The lowest BCUT2D eigenvalue weighted by Crippen LogP contribution is -2.76. The summed E-state index contributed by atoms with van der Waals surface area (Å²) in [6.07, 6.45) is -0.810. The van der Waals surface area contributed by atoms with Gasteiger partial charge in [0.05, 0.1) is 5.54 Å². The number of β-lactam (4-membered cyclic amide) rings is 1. The number of hydrogen-bond acceptors (Lipinski definition) is 6. The summed E-state index contributed by atoms with van der Waals surface area (Å²) < 4.78 is 38.9. The van der Waals surface area contributed by atoms with E-state index in [2.05, 4.69) is 9.60 Å². The van der Waals surface area contributed by atoms with Gasteiger partial charge in [-0.2, -0.15) is 13.5 Å². The van der Waals surface area contributed by atoms with Crippen molar-refractivity contribution in [1.29, 1.82) is 0 Å². The average molecular weight is 310 g/mol. The molecule has 0 aromatic heterocycles. The van der Waals surface area contributed by atoms with Crippen LogP contribution in [0.25, 0.3) is 0 Å². The molecule has 1 atom stereocenters. The number of nitrogens with zero attached hydrogens (tertiary/aromatic N) is 1. The molecule has 2 amide bonds. The van der Waals surface area contributed by atoms with Gasteiger partial charge >= 0.3 is 16.5 Å². The van der Waals surface area contributed by atoms with Gasteiger partial charge in [-0.1, -0.05) is 0 Å². The second-order valence-electron chi connectivity index (χ2n) is 5.87. The van der Waals surface area contributed by atoms with Gasteiger partial charge in [0.1, 0.15) is 11.6 Å². The Labute approximate surface area is 117 Å². The van der Waals surface area contributed by atoms with Crippen LogP contribution in [0, 0.1) is 0 Å². The second-order valence-corrected chi connectivity index (χ2v) is 6.87. The highest BCUT2D eigenvalue weighted by Gasteiger charge is 2.58. The summed E-state index contributed by atoms with van der Waals surface area (Å²) in [5.74, 6) is -0.807. The second kappa shape index (κ2) is 4.86. The smallest absolute Gasteiger partial charge is 0.418 e. The van der Waals surface area contributed by atoms with Crippen LogP contribution in [-0.2, 0) is 24.2 Å². The van der Waals surface area contributed by atoms with Gasteiger partial charge in [-0.15, -0.1) is 4.28 Å². The standard InChI is InChI=1S/C10H18N2O7S/c1-9(2,3)18-8(14)11-6-7(13)12(10(6,4)5)19-20(15,16)17/h6H,1-5H3,(H,11,14)(H,15,16,17)/t6-/m1/s1. The van der Waals surface area contributed by atoms with Crippen molar-refractivity contribution in [3.05, 3.63) is 0 Å². The van der Waals surface area contributed by atoms with Crippen LogP contribution in [0.3, 0.4) is 0 Å². The summed E-state index contributed by atoms with van der Waals surface area (Å²) in [7, 11) is -4.81. The molecule has 1 fully saturated rings. The Morgan fingerprint density at radius 3 is 2.25 bits per heavy atom. The maximum atomic E-state index is 11.7. The molecule has 0 saturated carbocycles. The van der Waals surface area contributed by atoms with E-state index in [1.54, 1.807) is 20.8 Å². The zero-order chi connectivity index (χ0) is 15.9. The van der Waals surface area contributed by atoms with Gasteiger partial charge in [0.25, 0.3) is 5.91 Å². The van der Waals surface area contributed by atoms with Crippen molar-refractivity contribution < 1.29 is 31.6 Å². The zero-order valence-electron chi connectivity index (χ0n) is 11.8. The predicted molar refractivity (Wildman–Crippen MR) is 66.7 cm³/mol. The number of nitrogens with one attached hydrogen (secondary N) is 1. The topological polar surface area (TPSA) is 122 Å². The van der Waals surface area contributed by atoms with E-state index in [-0.39, 0.29) is 0 Å². The zero-order valence-corrected chi connectivity index (χ0v) is 12.6. The Bertz CT molecular complexity index is 520. The summed E-state index contributed by atoms with van der Waals surface area (Å²) in [6, 6.07) is -1.01. The fourth-order valence-electron chi connectivity index (χ4n) is 1.65. The summed E-state index contributed by atoms with van der Waals surface area (Å²) in [5, 5.41) is 2.80. The van der Waals surface area contributed by atoms with Gasteiger partial charge in [0, 0.05) is 0 Å². The maximum absolute atomic E-state index is 11.7. The third-order valence-corrected chi connectivity index (χ3v) is 2.84. The lowest BCUT2D eigenvalue weighted by Gasteiger charge is -2.50. The van der Waals surface area contributed by atoms with Crippen molar-refractivity contribution in [2.75, 3.05) is 0 Å². The minimum Gasteiger partial charge on any atom is -0.444 e. The van der Waals surface area contributed by atoms with Crippen LogP contribution >= 0.6 is 0 Å². The SMILES string of the molecule is CC(C)(C)OC(=O)N[C@@H]1C(=O)N(OS(=O)(=O)O)C1(C)C. The van der Waals surface area contributed by atoms with Crippen LogP contribution in [0.5, 0.6) is 0 Å². The summed E-state index contributed by atoms with van der Waals surface area (Å²) in [6.45, 7) is 7.90. The highest BCUT2D eigenvalue weighted by atomic mass is 32.3. The largest absolute Gasteiger partial charge is 0.444 e. The van der Waals surface area contributed by atoms with E-state index in [9.17, 15) is 18.0 Å². The molecular formula is C10H18N2O7S. The molecule has 2 N–H and O–H groups in total. The molecule has 10 heteroatoms. The lowest BCUT2D eigenvalue weighted by molar-refractivity contribution is -0.217. The van der Waals surface area contributed by atoms with Crippen molar-refractivity contribution in [2.45, 2.75) is 51.8 Å². The van der Waals surface area contributed by atoms with E-state index >= 15 is 0 Å². The third-order valence-electron chi connectivity index (χ3n) is 2.51. The van der Waals surface area contributed by atoms with Gasteiger partial charge in [-0.05, 0) is 34.6 Å². The summed E-state index contributed by atoms with van der Waals surface area (Å²) in [5.41, 5.74) is -1.88. The van der Waals surface area contributed by atoms with E-state index < -0.39 is 39.6 Å². The van der Waals surface area contributed by atoms with Crippen molar-refractivity contribution in [3.63, 3.8) is 0 Å². The summed E-state index contributed by atoms with van der Waals surface area (Å²) in [4.78, 5) is 23.3. The molecule has 0 aromatic rings. The molecule has 0 bridgehead atoms. The first kappa shape index (κ1) is 16.7. The summed E-state index contributed by atoms with van der Waals surface area (Å²) >= 11 is 0. The maximum Gasteiger partial charge on any atom is 0.418 e. The number of hydroxylamine groups is 2. The molecule has 0 aromatic carbocycles. The molecule has 9 nitrogen and oxygen atoms in total. The van der Waals surface area contributed by atoms with E-state index in [1.807, 2.05) is 0 Å². The molecule has 1 aliphatic rings. The van der Waals surface area contributed by atoms with Crippen LogP contribution in [-0.4, -0.2) is 47.2 Å². The molecule has 1 aliphatic heterocycles. The first-order chi connectivity index (χ1) is 8.74. The number of ether oxygens (including phenoxy) is 1. The minimum atomic E-state index is -4.81. The predicted octanol–water partition coefficient (Wildman–Crippen LogP) is 0.235. The van der Waals surface area contributed by atoms with Gasteiger partial charge < -0.3 is 10.1 Å².